The summed E-state index contributed by atoms with van der Waals surface area (Å²) in [6.07, 6.45) is 5.53. The summed E-state index contributed by atoms with van der Waals surface area (Å²) < 4.78 is 19.6. The molecule has 0 unspecified atom stereocenters. The third-order valence-corrected chi connectivity index (χ3v) is 5.62. The fourth-order valence-electron chi connectivity index (χ4n) is 3.63. The number of benzene rings is 1. The second-order valence-electron chi connectivity index (χ2n) is 9.42. The summed E-state index contributed by atoms with van der Waals surface area (Å²) in [6, 6.07) is 9.30. The van der Waals surface area contributed by atoms with E-state index in [1.807, 2.05) is 30.3 Å². The SMILES string of the molecule is C=CCCc1cccc(NC(=S)C2=C(NCc3ccncc3F)CN(C(=O)OC(C)(C)C)CC2=O)c1. The summed E-state index contributed by atoms with van der Waals surface area (Å²) >= 11 is 5.62. The molecule has 1 aromatic heterocycles. The van der Waals surface area contributed by atoms with Crippen LogP contribution in [-0.4, -0.2) is 45.4 Å². The Balaban J connectivity index is 1.87. The highest BCUT2D eigenvalue weighted by Crippen LogP contribution is 2.21. The minimum absolute atomic E-state index is 0.0594. The maximum atomic E-state index is 14.2. The van der Waals surface area contributed by atoms with Crippen LogP contribution < -0.4 is 10.6 Å². The smallest absolute Gasteiger partial charge is 0.411 e. The molecule has 0 spiro atoms. The second-order valence-corrected chi connectivity index (χ2v) is 9.82. The van der Waals surface area contributed by atoms with E-state index in [-0.39, 0.29) is 36.0 Å². The molecule has 1 aliphatic heterocycles. The van der Waals surface area contributed by atoms with Gasteiger partial charge in [-0.25, -0.2) is 9.18 Å². The largest absolute Gasteiger partial charge is 0.444 e. The van der Waals surface area contributed by atoms with Crippen molar-refractivity contribution in [3.05, 3.63) is 83.6 Å². The molecule has 1 aromatic carbocycles. The molecule has 0 fully saturated rings. The van der Waals surface area contributed by atoms with Gasteiger partial charge in [0.05, 0.1) is 24.9 Å². The van der Waals surface area contributed by atoms with Crippen molar-refractivity contribution in [2.45, 2.75) is 45.8 Å². The number of carbonyl (C=O) groups is 2. The van der Waals surface area contributed by atoms with Gasteiger partial charge >= 0.3 is 6.09 Å². The highest BCUT2D eigenvalue weighted by atomic mass is 32.1. The number of pyridine rings is 1. The number of allylic oxidation sites excluding steroid dienone is 1. The van der Waals surface area contributed by atoms with Crippen LogP contribution in [0, 0.1) is 5.82 Å². The van der Waals surface area contributed by atoms with E-state index >= 15 is 0 Å². The van der Waals surface area contributed by atoms with E-state index in [9.17, 15) is 14.0 Å². The second kappa shape index (κ2) is 11.9. The number of nitrogens with zero attached hydrogens (tertiary/aromatic N) is 2. The Morgan fingerprint density at radius 1 is 1.31 bits per heavy atom. The molecule has 36 heavy (non-hydrogen) atoms. The lowest BCUT2D eigenvalue weighted by Crippen LogP contribution is -2.48. The number of thiocarbonyl (C=S) groups is 1. The minimum atomic E-state index is -0.717. The molecule has 0 saturated heterocycles. The number of halogens is 1. The zero-order valence-corrected chi connectivity index (χ0v) is 21.6. The fraction of sp³-hybridized carbons (Fsp3) is 0.333. The Hall–Kier alpha value is -3.59. The predicted octanol–water partition coefficient (Wildman–Crippen LogP) is 4.94. The van der Waals surface area contributed by atoms with Gasteiger partial charge in [0, 0.05) is 29.7 Å². The van der Waals surface area contributed by atoms with Gasteiger partial charge in [0.15, 0.2) is 5.78 Å². The van der Waals surface area contributed by atoms with Crippen LogP contribution in [0.2, 0.25) is 0 Å². The van der Waals surface area contributed by atoms with Gasteiger partial charge in [0.1, 0.15) is 16.4 Å². The highest BCUT2D eigenvalue weighted by Gasteiger charge is 2.33. The molecule has 9 heteroatoms. The first-order valence-electron chi connectivity index (χ1n) is 11.6. The first kappa shape index (κ1) is 27.0. The molecule has 7 nitrogen and oxygen atoms in total. The maximum Gasteiger partial charge on any atom is 0.411 e. The van der Waals surface area contributed by atoms with Crippen molar-refractivity contribution in [2.75, 3.05) is 18.4 Å². The van der Waals surface area contributed by atoms with Gasteiger partial charge in [-0.05, 0) is 57.4 Å². The molecular weight excluding hydrogens is 479 g/mol. The van der Waals surface area contributed by atoms with E-state index in [0.717, 1.165) is 30.3 Å². The zero-order valence-electron chi connectivity index (χ0n) is 20.8. The Kier molecular flexibility index (Phi) is 8.93. The lowest BCUT2D eigenvalue weighted by atomic mass is 10.0. The van der Waals surface area contributed by atoms with Crippen molar-refractivity contribution in [3.8, 4) is 0 Å². The standard InChI is InChI=1S/C27H31FN4O3S/c1-5-6-8-18-9-7-10-20(13-18)31-25(36)24-22(30-14-19-11-12-29-15-21(19)28)16-32(17-23(24)33)26(34)35-27(2,3)4/h5,7,9-13,15,30H,1,6,8,14,16-17H2,2-4H3,(H,31,36). The van der Waals surface area contributed by atoms with Crippen molar-refractivity contribution < 1.29 is 18.7 Å². The zero-order chi connectivity index (χ0) is 26.3. The molecule has 0 aliphatic carbocycles. The molecule has 0 radical (unpaired) electrons. The topological polar surface area (TPSA) is 83.6 Å². The Morgan fingerprint density at radius 2 is 2.08 bits per heavy atom. The fourth-order valence-corrected chi connectivity index (χ4v) is 3.98. The Bertz CT molecular complexity index is 1190. The number of anilines is 1. The van der Waals surface area contributed by atoms with Crippen molar-refractivity contribution in [3.63, 3.8) is 0 Å². The van der Waals surface area contributed by atoms with E-state index in [1.54, 1.807) is 26.8 Å². The quantitative estimate of drug-likeness (QED) is 0.384. The molecule has 190 valence electrons. The molecular formula is C27H31FN4O3S. The number of carbonyl (C=O) groups excluding carboxylic acids is 2. The minimum Gasteiger partial charge on any atom is -0.444 e. The molecule has 1 amide bonds. The first-order chi connectivity index (χ1) is 17.1. The van der Waals surface area contributed by atoms with E-state index in [2.05, 4.69) is 22.2 Å². The van der Waals surface area contributed by atoms with Gasteiger partial charge in [-0.1, -0.05) is 30.4 Å². The number of rotatable bonds is 8. The number of aryl methyl sites for hydroxylation is 1. The summed E-state index contributed by atoms with van der Waals surface area (Å²) in [5.74, 6) is -0.819. The van der Waals surface area contributed by atoms with Gasteiger partial charge < -0.3 is 15.4 Å². The van der Waals surface area contributed by atoms with Crippen LogP contribution in [0.5, 0.6) is 0 Å². The molecule has 3 rings (SSSR count). The van der Waals surface area contributed by atoms with Gasteiger partial charge in [-0.2, -0.15) is 0 Å². The normalized spacial score (nSPS) is 13.9. The summed E-state index contributed by atoms with van der Waals surface area (Å²) in [5.41, 5.74) is 2.17. The van der Waals surface area contributed by atoms with Gasteiger partial charge in [0.25, 0.3) is 0 Å². The number of ether oxygens (including phenoxy) is 1. The van der Waals surface area contributed by atoms with Crippen molar-refractivity contribution in [1.82, 2.24) is 15.2 Å². The highest BCUT2D eigenvalue weighted by molar-refractivity contribution is 7.81. The monoisotopic (exact) mass is 510 g/mol. The first-order valence-corrected chi connectivity index (χ1v) is 12.1. The Morgan fingerprint density at radius 3 is 2.78 bits per heavy atom. The number of Topliss-reactive ketones (excluding diaryl/α,β-unsaturated/α-hetero) is 1. The van der Waals surface area contributed by atoms with E-state index < -0.39 is 17.5 Å². The third kappa shape index (κ3) is 7.45. The number of hydrogen-bond donors (Lipinski definition) is 2. The average molecular weight is 511 g/mol. The predicted molar refractivity (Wildman–Crippen MR) is 142 cm³/mol. The summed E-state index contributed by atoms with van der Waals surface area (Å²) in [7, 11) is 0. The summed E-state index contributed by atoms with van der Waals surface area (Å²) in [5, 5.41) is 6.26. The van der Waals surface area contributed by atoms with Gasteiger partial charge in [0.2, 0.25) is 0 Å². The molecule has 2 N–H and O–H groups in total. The lowest BCUT2D eigenvalue weighted by molar-refractivity contribution is -0.116. The maximum absolute atomic E-state index is 14.2. The average Bonchev–Trinajstić information content (AvgIpc) is 2.81. The van der Waals surface area contributed by atoms with E-state index in [1.165, 1.54) is 11.1 Å². The number of aromatic nitrogens is 1. The van der Waals surface area contributed by atoms with Crippen LogP contribution in [0.3, 0.4) is 0 Å². The lowest BCUT2D eigenvalue weighted by Gasteiger charge is -2.32. The van der Waals surface area contributed by atoms with Gasteiger partial charge in [-0.3, -0.25) is 14.7 Å². The van der Waals surface area contributed by atoms with Crippen LogP contribution in [-0.2, 0) is 22.5 Å². The third-order valence-electron chi connectivity index (χ3n) is 5.31. The van der Waals surface area contributed by atoms with Crippen LogP contribution in [0.4, 0.5) is 14.9 Å². The molecule has 0 saturated carbocycles. The van der Waals surface area contributed by atoms with Crippen LogP contribution in [0.15, 0.2) is 66.7 Å². The number of amides is 1. The van der Waals surface area contributed by atoms with Crippen molar-refractivity contribution in [2.24, 2.45) is 0 Å². The van der Waals surface area contributed by atoms with Crippen LogP contribution >= 0.6 is 12.2 Å². The van der Waals surface area contributed by atoms with Gasteiger partial charge in [-0.15, -0.1) is 6.58 Å². The van der Waals surface area contributed by atoms with Crippen molar-refractivity contribution in [1.29, 1.82) is 0 Å². The molecule has 2 aromatic rings. The molecule has 2 heterocycles. The number of nitrogens with one attached hydrogen (secondary N) is 2. The number of ketones is 1. The van der Waals surface area contributed by atoms with Crippen LogP contribution in [0.1, 0.15) is 38.3 Å². The van der Waals surface area contributed by atoms with E-state index in [4.69, 9.17) is 17.0 Å². The summed E-state index contributed by atoms with van der Waals surface area (Å²) in [4.78, 5) is 31.2. The molecule has 0 atom stereocenters. The van der Waals surface area contributed by atoms with E-state index in [0.29, 0.717) is 11.3 Å². The van der Waals surface area contributed by atoms with Crippen LogP contribution in [0.25, 0.3) is 0 Å². The summed E-state index contributed by atoms with van der Waals surface area (Å²) in [6.45, 7) is 8.99. The molecule has 1 aliphatic rings. The molecule has 0 bridgehead atoms. The number of hydrogen-bond acceptors (Lipinski definition) is 6. The van der Waals surface area contributed by atoms with Crippen molar-refractivity contribution >= 4 is 34.8 Å². The Labute approximate surface area is 216 Å².